The van der Waals surface area contributed by atoms with Crippen molar-refractivity contribution in [1.82, 2.24) is 10.2 Å². The number of nitrogens with one attached hydrogen (secondary N) is 2. The first-order valence-electron chi connectivity index (χ1n) is 11.3. The summed E-state index contributed by atoms with van der Waals surface area (Å²) in [6, 6.07) is 14.5. The van der Waals surface area contributed by atoms with Crippen LogP contribution in [0.2, 0.25) is 0 Å². The minimum Gasteiger partial charge on any atom is -0.370 e. The third-order valence-corrected chi connectivity index (χ3v) is 7.20. The Morgan fingerprint density at radius 3 is 2.52 bits per heavy atom. The maximum absolute atomic E-state index is 13.7. The quantitative estimate of drug-likeness (QED) is 0.574. The van der Waals surface area contributed by atoms with Crippen LogP contribution in [0.25, 0.3) is 0 Å². The number of hydrogen-bond donors (Lipinski definition) is 3. The van der Waals surface area contributed by atoms with Gasteiger partial charge in [-0.3, -0.25) is 29.4 Å². The predicted molar refractivity (Wildman–Crippen MR) is 121 cm³/mol. The Balaban J connectivity index is 1.56. The lowest BCUT2D eigenvalue weighted by Crippen LogP contribution is -2.53. The van der Waals surface area contributed by atoms with Gasteiger partial charge in [0.2, 0.25) is 23.6 Å². The molecular formula is C25H26N4O4. The molecule has 2 fully saturated rings. The summed E-state index contributed by atoms with van der Waals surface area (Å²) >= 11 is 0. The largest absolute Gasteiger partial charge is 0.370 e. The van der Waals surface area contributed by atoms with E-state index in [1.54, 1.807) is 0 Å². The standard InChI is InChI=1S/C25H26N4O4/c1-2-15-9-6-10-16-21(15)27-24(33)25(16)20-19(17(28-25)13-18(26)30)22(31)29(23(20)32)12-11-14-7-4-3-5-8-14/h3-10,17,19-20,28H,2,11-13H2,1H3,(H2,26,30)(H,27,33)/t17-,19-,20+,25-/m1/s1. The maximum Gasteiger partial charge on any atom is 0.250 e. The van der Waals surface area contributed by atoms with Gasteiger partial charge < -0.3 is 11.1 Å². The van der Waals surface area contributed by atoms with Crippen molar-refractivity contribution >= 4 is 29.3 Å². The van der Waals surface area contributed by atoms with Gasteiger partial charge in [0.1, 0.15) is 5.54 Å². The molecule has 33 heavy (non-hydrogen) atoms. The van der Waals surface area contributed by atoms with E-state index in [-0.39, 0.29) is 30.7 Å². The van der Waals surface area contributed by atoms with Crippen molar-refractivity contribution in [3.05, 3.63) is 65.2 Å². The highest BCUT2D eigenvalue weighted by molar-refractivity contribution is 6.15. The number of carbonyl (C=O) groups excluding carboxylic acids is 4. The molecule has 0 saturated carbocycles. The van der Waals surface area contributed by atoms with Crippen molar-refractivity contribution in [2.24, 2.45) is 17.6 Å². The van der Waals surface area contributed by atoms with Crippen molar-refractivity contribution < 1.29 is 19.2 Å². The zero-order valence-electron chi connectivity index (χ0n) is 18.3. The summed E-state index contributed by atoms with van der Waals surface area (Å²) < 4.78 is 0. The smallest absolute Gasteiger partial charge is 0.250 e. The Labute approximate surface area is 191 Å². The topological polar surface area (TPSA) is 122 Å². The summed E-state index contributed by atoms with van der Waals surface area (Å²) in [5, 5.41) is 6.18. The lowest BCUT2D eigenvalue weighted by atomic mass is 9.76. The van der Waals surface area contributed by atoms with Crippen molar-refractivity contribution in [2.75, 3.05) is 11.9 Å². The number of primary amides is 1. The van der Waals surface area contributed by atoms with Crippen LogP contribution in [0.5, 0.6) is 0 Å². The lowest BCUT2D eigenvalue weighted by molar-refractivity contribution is -0.142. The number of hydrogen-bond acceptors (Lipinski definition) is 5. The fraction of sp³-hybridized carbons (Fsp3) is 0.360. The van der Waals surface area contributed by atoms with E-state index in [4.69, 9.17) is 5.73 Å². The number of nitrogens with two attached hydrogens (primary N) is 1. The highest BCUT2D eigenvalue weighted by Crippen LogP contribution is 2.53. The number of benzene rings is 2. The van der Waals surface area contributed by atoms with Crippen LogP contribution in [-0.2, 0) is 37.6 Å². The zero-order valence-corrected chi connectivity index (χ0v) is 18.3. The van der Waals surface area contributed by atoms with Gasteiger partial charge in [-0.15, -0.1) is 0 Å². The average Bonchev–Trinajstić information content (AvgIpc) is 3.37. The van der Waals surface area contributed by atoms with E-state index < -0.39 is 29.3 Å². The van der Waals surface area contributed by atoms with Crippen LogP contribution in [0.1, 0.15) is 30.0 Å². The van der Waals surface area contributed by atoms with Crippen molar-refractivity contribution in [1.29, 1.82) is 0 Å². The SMILES string of the molecule is CCc1cccc2c1NC(=O)[C@@]21N[C@H](CC(N)=O)[C@H]2C(=O)N(CCc3ccccc3)C(=O)[C@H]21. The number of imide groups is 1. The summed E-state index contributed by atoms with van der Waals surface area (Å²) in [6.45, 7) is 2.21. The number of para-hydroxylation sites is 1. The molecule has 8 nitrogen and oxygen atoms in total. The maximum atomic E-state index is 13.7. The predicted octanol–water partition coefficient (Wildman–Crippen LogP) is 1.09. The summed E-state index contributed by atoms with van der Waals surface area (Å²) in [5.74, 6) is -3.46. The molecule has 1 spiro atoms. The Bertz CT molecular complexity index is 1160. The number of rotatable bonds is 6. The van der Waals surface area contributed by atoms with Crippen molar-refractivity contribution in [3.8, 4) is 0 Å². The van der Waals surface area contributed by atoms with E-state index in [9.17, 15) is 19.2 Å². The van der Waals surface area contributed by atoms with E-state index in [0.717, 1.165) is 11.1 Å². The van der Waals surface area contributed by atoms with E-state index >= 15 is 0 Å². The third kappa shape index (κ3) is 3.08. The molecule has 0 aliphatic carbocycles. The third-order valence-electron chi connectivity index (χ3n) is 7.20. The van der Waals surface area contributed by atoms with Crippen LogP contribution in [0.15, 0.2) is 48.5 Å². The Hall–Kier alpha value is -3.52. The molecule has 0 bridgehead atoms. The normalized spacial score (nSPS) is 27.7. The average molecular weight is 447 g/mol. The van der Waals surface area contributed by atoms with Crippen LogP contribution in [0.3, 0.4) is 0 Å². The second-order valence-electron chi connectivity index (χ2n) is 8.94. The first-order valence-corrected chi connectivity index (χ1v) is 11.3. The summed E-state index contributed by atoms with van der Waals surface area (Å²) in [5.41, 5.74) is 7.36. The molecule has 8 heteroatoms. The molecular weight excluding hydrogens is 420 g/mol. The molecule has 2 aromatic carbocycles. The number of carbonyl (C=O) groups is 4. The van der Waals surface area contributed by atoms with Crippen LogP contribution < -0.4 is 16.4 Å². The van der Waals surface area contributed by atoms with E-state index in [2.05, 4.69) is 10.6 Å². The molecule has 0 unspecified atom stereocenters. The van der Waals surface area contributed by atoms with Gasteiger partial charge in [0.15, 0.2) is 0 Å². The Morgan fingerprint density at radius 1 is 1.06 bits per heavy atom. The van der Waals surface area contributed by atoms with Gasteiger partial charge in [0, 0.05) is 30.3 Å². The van der Waals surface area contributed by atoms with Crippen molar-refractivity contribution in [3.63, 3.8) is 0 Å². The molecule has 170 valence electrons. The number of aryl methyl sites for hydroxylation is 1. The molecule has 4 amide bonds. The van der Waals surface area contributed by atoms with Crippen molar-refractivity contribution in [2.45, 2.75) is 37.8 Å². The van der Waals surface area contributed by atoms with Crippen LogP contribution in [0, 0.1) is 11.8 Å². The van der Waals surface area contributed by atoms with Gasteiger partial charge in [-0.05, 0) is 24.0 Å². The van der Waals surface area contributed by atoms with E-state index in [0.29, 0.717) is 24.1 Å². The monoisotopic (exact) mass is 446 g/mol. The van der Waals surface area contributed by atoms with Gasteiger partial charge in [0.25, 0.3) is 0 Å². The first-order chi connectivity index (χ1) is 15.9. The molecule has 4 atom stereocenters. The minimum atomic E-state index is -1.40. The summed E-state index contributed by atoms with van der Waals surface area (Å²) in [4.78, 5) is 53.7. The van der Waals surface area contributed by atoms with Gasteiger partial charge in [0.05, 0.1) is 11.8 Å². The fourth-order valence-corrected chi connectivity index (χ4v) is 5.74. The molecule has 2 saturated heterocycles. The number of anilines is 1. The first kappa shape index (κ1) is 21.3. The van der Waals surface area contributed by atoms with E-state index in [1.807, 2.05) is 55.5 Å². The summed E-state index contributed by atoms with van der Waals surface area (Å²) in [6.07, 6.45) is 1.08. The molecule has 0 aromatic heterocycles. The molecule has 2 aromatic rings. The second kappa shape index (κ2) is 7.81. The Kier molecular flexibility index (Phi) is 5.05. The number of nitrogens with zero attached hydrogens (tertiary/aromatic N) is 1. The minimum absolute atomic E-state index is 0.134. The number of likely N-dealkylation sites (tertiary alicyclic amines) is 1. The molecule has 3 heterocycles. The van der Waals surface area contributed by atoms with Crippen LogP contribution in [-0.4, -0.2) is 41.1 Å². The lowest BCUT2D eigenvalue weighted by Gasteiger charge is -2.29. The number of fused-ring (bicyclic) bond motifs is 4. The summed E-state index contributed by atoms with van der Waals surface area (Å²) in [7, 11) is 0. The number of amides is 4. The van der Waals surface area contributed by atoms with Gasteiger partial charge in [-0.2, -0.15) is 0 Å². The Morgan fingerprint density at radius 2 is 1.82 bits per heavy atom. The van der Waals surface area contributed by atoms with Gasteiger partial charge in [-0.1, -0.05) is 55.5 Å². The molecule has 3 aliphatic heterocycles. The second-order valence-corrected chi connectivity index (χ2v) is 8.94. The molecule has 5 rings (SSSR count). The molecule has 0 radical (unpaired) electrons. The van der Waals surface area contributed by atoms with Crippen LogP contribution in [0.4, 0.5) is 5.69 Å². The fourth-order valence-electron chi connectivity index (χ4n) is 5.74. The van der Waals surface area contributed by atoms with Gasteiger partial charge in [-0.25, -0.2) is 0 Å². The highest BCUT2D eigenvalue weighted by atomic mass is 16.2. The van der Waals surface area contributed by atoms with Crippen LogP contribution >= 0.6 is 0 Å². The van der Waals surface area contributed by atoms with Gasteiger partial charge >= 0.3 is 0 Å². The van der Waals surface area contributed by atoms with E-state index in [1.165, 1.54) is 4.90 Å². The molecule has 3 aliphatic rings. The molecule has 4 N–H and O–H groups in total. The zero-order chi connectivity index (χ0) is 23.3. The highest BCUT2D eigenvalue weighted by Gasteiger charge is 2.70.